The van der Waals surface area contributed by atoms with Gasteiger partial charge >= 0.3 is 0 Å². The van der Waals surface area contributed by atoms with Gasteiger partial charge in [0.25, 0.3) is 0 Å². The topological polar surface area (TPSA) is 49.4 Å². The van der Waals surface area contributed by atoms with Crippen LogP contribution >= 0.6 is 23.2 Å². The maximum atomic E-state index is 12.3. The zero-order valence-electron chi connectivity index (χ0n) is 13.4. The number of nitrogens with one attached hydrogen (secondary N) is 1. The molecule has 6 heteroatoms. The number of hydrogen-bond acceptors (Lipinski definition) is 2. The number of carbonyl (C=O) groups excluding carboxylic acids is 2. The molecule has 0 spiro atoms. The van der Waals surface area contributed by atoms with Crippen LogP contribution in [-0.4, -0.2) is 29.8 Å². The second kappa shape index (κ2) is 8.02. The summed E-state index contributed by atoms with van der Waals surface area (Å²) in [5, 5.41) is 4.05. The molecular formula is C17H22Cl2N2O2. The Morgan fingerprint density at radius 3 is 2.48 bits per heavy atom. The van der Waals surface area contributed by atoms with Crippen molar-refractivity contribution in [3.63, 3.8) is 0 Å². The number of hydrogen-bond donors (Lipinski definition) is 1. The van der Waals surface area contributed by atoms with Crippen molar-refractivity contribution in [2.75, 3.05) is 13.1 Å². The highest BCUT2D eigenvalue weighted by Crippen LogP contribution is 2.22. The zero-order valence-corrected chi connectivity index (χ0v) is 15.0. The highest BCUT2D eigenvalue weighted by atomic mass is 35.5. The number of rotatable bonds is 4. The third kappa shape index (κ3) is 4.85. The fourth-order valence-corrected chi connectivity index (χ4v) is 3.19. The minimum Gasteiger partial charge on any atom is -0.352 e. The average Bonchev–Trinajstić information content (AvgIpc) is 2.53. The maximum absolute atomic E-state index is 12.3. The molecule has 0 saturated carbocycles. The summed E-state index contributed by atoms with van der Waals surface area (Å²) >= 11 is 12.0. The van der Waals surface area contributed by atoms with E-state index in [-0.39, 0.29) is 23.7 Å². The molecule has 1 aliphatic rings. The highest BCUT2D eigenvalue weighted by Gasteiger charge is 2.28. The summed E-state index contributed by atoms with van der Waals surface area (Å²) in [5.41, 5.74) is 0.844. The minimum atomic E-state index is -0.0442. The molecule has 1 fully saturated rings. The predicted molar refractivity (Wildman–Crippen MR) is 92.5 cm³/mol. The lowest BCUT2D eigenvalue weighted by atomic mass is 9.95. The summed E-state index contributed by atoms with van der Waals surface area (Å²) < 4.78 is 0. The molecule has 0 aromatic heterocycles. The van der Waals surface area contributed by atoms with E-state index in [1.807, 2.05) is 24.8 Å². The van der Waals surface area contributed by atoms with Crippen molar-refractivity contribution in [3.05, 3.63) is 33.8 Å². The second-order valence-electron chi connectivity index (χ2n) is 6.21. The number of likely N-dealkylation sites (tertiary alicyclic amines) is 1. The Morgan fingerprint density at radius 1 is 1.26 bits per heavy atom. The van der Waals surface area contributed by atoms with E-state index in [4.69, 9.17) is 23.2 Å². The molecule has 126 valence electrons. The Bertz CT molecular complexity index is 582. The van der Waals surface area contributed by atoms with Crippen molar-refractivity contribution >= 4 is 35.0 Å². The molecule has 1 saturated heterocycles. The fourth-order valence-electron chi connectivity index (χ4n) is 2.72. The molecule has 0 unspecified atom stereocenters. The summed E-state index contributed by atoms with van der Waals surface area (Å²) in [6.45, 7) is 5.49. The molecule has 1 aromatic carbocycles. The van der Waals surface area contributed by atoms with Gasteiger partial charge in [-0.2, -0.15) is 0 Å². The van der Waals surface area contributed by atoms with E-state index < -0.39 is 0 Å². The normalized spacial score (nSPS) is 15.8. The van der Waals surface area contributed by atoms with Gasteiger partial charge in [0.2, 0.25) is 11.8 Å². The van der Waals surface area contributed by atoms with Gasteiger partial charge < -0.3 is 10.2 Å². The van der Waals surface area contributed by atoms with Crippen molar-refractivity contribution in [2.24, 2.45) is 11.8 Å². The van der Waals surface area contributed by atoms with Gasteiger partial charge in [0.05, 0.1) is 0 Å². The molecule has 1 aliphatic heterocycles. The first-order valence-electron chi connectivity index (χ1n) is 7.89. The zero-order chi connectivity index (χ0) is 17.0. The van der Waals surface area contributed by atoms with E-state index in [1.54, 1.807) is 12.1 Å². The minimum absolute atomic E-state index is 0.00687. The Balaban J connectivity index is 1.82. The lowest BCUT2D eigenvalue weighted by Crippen LogP contribution is -2.44. The summed E-state index contributed by atoms with van der Waals surface area (Å²) in [6, 6.07) is 5.24. The SMILES string of the molecule is CC(C)C(=O)N1CCC(C(=O)NCc2ccc(Cl)cc2Cl)CC1. The van der Waals surface area contributed by atoms with Gasteiger partial charge in [-0.15, -0.1) is 0 Å². The number of amides is 2. The third-order valence-corrected chi connectivity index (χ3v) is 4.73. The molecule has 4 nitrogen and oxygen atoms in total. The van der Waals surface area contributed by atoms with Crippen molar-refractivity contribution in [1.29, 1.82) is 0 Å². The van der Waals surface area contributed by atoms with Gasteiger partial charge in [0, 0.05) is 41.5 Å². The van der Waals surface area contributed by atoms with Crippen LogP contribution in [0.4, 0.5) is 0 Å². The van der Waals surface area contributed by atoms with Crippen LogP contribution in [0.1, 0.15) is 32.3 Å². The van der Waals surface area contributed by atoms with Crippen molar-refractivity contribution in [3.8, 4) is 0 Å². The Morgan fingerprint density at radius 2 is 1.91 bits per heavy atom. The molecule has 1 N–H and O–H groups in total. The molecule has 2 amide bonds. The first kappa shape index (κ1) is 18.1. The monoisotopic (exact) mass is 356 g/mol. The van der Waals surface area contributed by atoms with Crippen LogP contribution in [0.25, 0.3) is 0 Å². The van der Waals surface area contributed by atoms with Crippen molar-refractivity contribution < 1.29 is 9.59 Å². The summed E-state index contributed by atoms with van der Waals surface area (Å²) in [6.07, 6.45) is 1.41. The summed E-state index contributed by atoms with van der Waals surface area (Å²) in [7, 11) is 0. The van der Waals surface area contributed by atoms with E-state index in [0.717, 1.165) is 5.56 Å². The third-order valence-electron chi connectivity index (χ3n) is 4.14. The largest absolute Gasteiger partial charge is 0.352 e. The quantitative estimate of drug-likeness (QED) is 0.897. The van der Waals surface area contributed by atoms with Gasteiger partial charge in [-0.05, 0) is 30.5 Å². The Hall–Kier alpha value is -1.26. The van der Waals surface area contributed by atoms with E-state index in [1.165, 1.54) is 0 Å². The van der Waals surface area contributed by atoms with E-state index in [9.17, 15) is 9.59 Å². The number of piperidine rings is 1. The molecule has 1 heterocycles. The average molecular weight is 357 g/mol. The number of carbonyl (C=O) groups is 2. The highest BCUT2D eigenvalue weighted by molar-refractivity contribution is 6.35. The smallest absolute Gasteiger partial charge is 0.225 e. The van der Waals surface area contributed by atoms with E-state index in [0.29, 0.717) is 42.5 Å². The van der Waals surface area contributed by atoms with Crippen LogP contribution in [0.5, 0.6) is 0 Å². The molecule has 0 bridgehead atoms. The van der Waals surface area contributed by atoms with Crippen LogP contribution in [0.15, 0.2) is 18.2 Å². The van der Waals surface area contributed by atoms with Crippen LogP contribution < -0.4 is 5.32 Å². The first-order valence-corrected chi connectivity index (χ1v) is 8.64. The number of nitrogens with zero attached hydrogens (tertiary/aromatic N) is 1. The number of benzene rings is 1. The molecule has 1 aromatic rings. The van der Waals surface area contributed by atoms with Crippen LogP contribution in [-0.2, 0) is 16.1 Å². The predicted octanol–water partition coefficient (Wildman–Crippen LogP) is 3.50. The van der Waals surface area contributed by atoms with Gasteiger partial charge in [-0.25, -0.2) is 0 Å². The number of halogens is 2. The molecule has 2 rings (SSSR count). The van der Waals surface area contributed by atoms with E-state index >= 15 is 0 Å². The van der Waals surface area contributed by atoms with E-state index in [2.05, 4.69) is 5.32 Å². The van der Waals surface area contributed by atoms with Gasteiger partial charge in [0.15, 0.2) is 0 Å². The summed E-state index contributed by atoms with van der Waals surface area (Å²) in [5.74, 6) is 0.147. The van der Waals surface area contributed by atoms with Crippen molar-refractivity contribution in [1.82, 2.24) is 10.2 Å². The van der Waals surface area contributed by atoms with Gasteiger partial charge in [0.1, 0.15) is 0 Å². The Labute approximate surface area is 147 Å². The molecule has 0 aliphatic carbocycles. The van der Waals surface area contributed by atoms with Crippen LogP contribution in [0.3, 0.4) is 0 Å². The Kier molecular flexibility index (Phi) is 6.31. The molecule has 0 atom stereocenters. The standard InChI is InChI=1S/C17H22Cl2N2O2/c1-11(2)17(23)21-7-5-12(6-8-21)16(22)20-10-13-3-4-14(18)9-15(13)19/h3-4,9,11-12H,5-8,10H2,1-2H3,(H,20,22). The lowest BCUT2D eigenvalue weighted by molar-refractivity contribution is -0.138. The summed E-state index contributed by atoms with van der Waals surface area (Å²) in [4.78, 5) is 26.1. The molecule has 0 radical (unpaired) electrons. The van der Waals surface area contributed by atoms with Gasteiger partial charge in [-0.3, -0.25) is 9.59 Å². The van der Waals surface area contributed by atoms with Gasteiger partial charge in [-0.1, -0.05) is 43.1 Å². The first-order chi connectivity index (χ1) is 10.9. The molecular weight excluding hydrogens is 335 g/mol. The second-order valence-corrected chi connectivity index (χ2v) is 7.05. The lowest BCUT2D eigenvalue weighted by Gasteiger charge is -2.32. The van der Waals surface area contributed by atoms with Crippen LogP contribution in [0.2, 0.25) is 10.0 Å². The fraction of sp³-hybridized carbons (Fsp3) is 0.529. The van der Waals surface area contributed by atoms with Crippen molar-refractivity contribution in [2.45, 2.75) is 33.2 Å². The maximum Gasteiger partial charge on any atom is 0.225 e. The van der Waals surface area contributed by atoms with Crippen LogP contribution in [0, 0.1) is 11.8 Å². The molecule has 23 heavy (non-hydrogen) atoms.